The van der Waals surface area contributed by atoms with Crippen molar-refractivity contribution in [2.24, 2.45) is 0 Å². The second kappa shape index (κ2) is 4.06. The number of amides is 1. The Kier molecular flexibility index (Phi) is 2.79. The fourth-order valence-electron chi connectivity index (χ4n) is 1.60. The van der Waals surface area contributed by atoms with E-state index in [0.29, 0.717) is 11.7 Å². The predicted molar refractivity (Wildman–Crippen MR) is 55.5 cm³/mol. The molecule has 0 spiro atoms. The van der Waals surface area contributed by atoms with Crippen molar-refractivity contribution in [1.82, 2.24) is 15.2 Å². The van der Waals surface area contributed by atoms with Crippen molar-refractivity contribution in [2.75, 3.05) is 19.6 Å². The van der Waals surface area contributed by atoms with Crippen molar-refractivity contribution in [3.63, 3.8) is 0 Å². The molecule has 1 aliphatic rings. The molecule has 0 bridgehead atoms. The lowest BCUT2D eigenvalue weighted by molar-refractivity contribution is 0.0704. The molecular weight excluding hydrogens is 198 g/mol. The lowest BCUT2D eigenvalue weighted by atomic mass is 10.2. The normalized spacial score (nSPS) is 22.4. The molecule has 4 nitrogen and oxygen atoms in total. The third-order valence-electron chi connectivity index (χ3n) is 2.31. The third-order valence-corrected chi connectivity index (χ3v) is 2.89. The third kappa shape index (κ3) is 1.93. The van der Waals surface area contributed by atoms with Crippen LogP contribution in [0.5, 0.6) is 0 Å². The summed E-state index contributed by atoms with van der Waals surface area (Å²) in [5.41, 5.74) is 2.27. The van der Waals surface area contributed by atoms with Gasteiger partial charge in [-0.05, 0) is 6.92 Å². The molecule has 2 rings (SSSR count). The minimum atomic E-state index is 0.0552. The highest BCUT2D eigenvalue weighted by Crippen LogP contribution is 2.07. The van der Waals surface area contributed by atoms with Crippen molar-refractivity contribution in [2.45, 2.75) is 13.0 Å². The van der Waals surface area contributed by atoms with E-state index >= 15 is 0 Å². The van der Waals surface area contributed by atoms with Crippen LogP contribution < -0.4 is 5.32 Å². The van der Waals surface area contributed by atoms with Crippen molar-refractivity contribution >= 4 is 17.2 Å². The van der Waals surface area contributed by atoms with Crippen molar-refractivity contribution < 1.29 is 4.79 Å². The van der Waals surface area contributed by atoms with Gasteiger partial charge in [-0.25, -0.2) is 4.98 Å². The average Bonchev–Trinajstić information content (AvgIpc) is 2.69. The second-order valence-corrected chi connectivity index (χ2v) is 4.20. The number of thiazole rings is 1. The Balaban J connectivity index is 2.04. The maximum Gasteiger partial charge on any atom is 0.273 e. The molecule has 1 atom stereocenters. The molecule has 1 aromatic rings. The molecular formula is C9H13N3OS. The number of piperazine rings is 1. The molecule has 1 saturated heterocycles. The highest BCUT2D eigenvalue weighted by atomic mass is 32.1. The number of hydrogen-bond acceptors (Lipinski definition) is 4. The number of rotatable bonds is 1. The van der Waals surface area contributed by atoms with Gasteiger partial charge in [0.05, 0.1) is 5.51 Å². The summed E-state index contributed by atoms with van der Waals surface area (Å²) in [5, 5.41) is 5.10. The summed E-state index contributed by atoms with van der Waals surface area (Å²) in [4.78, 5) is 17.7. The van der Waals surface area contributed by atoms with E-state index in [4.69, 9.17) is 0 Å². The number of nitrogens with zero attached hydrogens (tertiary/aromatic N) is 2. The first-order valence-corrected chi connectivity index (χ1v) is 5.62. The highest BCUT2D eigenvalue weighted by Gasteiger charge is 2.22. The fourth-order valence-corrected chi connectivity index (χ4v) is 2.12. The van der Waals surface area contributed by atoms with Crippen molar-refractivity contribution in [3.8, 4) is 0 Å². The first-order valence-electron chi connectivity index (χ1n) is 4.68. The number of carbonyl (C=O) groups is 1. The molecule has 1 aromatic heterocycles. The summed E-state index contributed by atoms with van der Waals surface area (Å²) in [6, 6.07) is 0.381. The van der Waals surface area contributed by atoms with Gasteiger partial charge in [-0.2, -0.15) is 0 Å². The number of hydrogen-bond donors (Lipinski definition) is 1. The maximum absolute atomic E-state index is 11.8. The molecule has 1 aliphatic heterocycles. The maximum atomic E-state index is 11.8. The van der Waals surface area contributed by atoms with Crippen molar-refractivity contribution in [1.29, 1.82) is 0 Å². The molecule has 14 heavy (non-hydrogen) atoms. The number of aromatic nitrogens is 1. The van der Waals surface area contributed by atoms with E-state index < -0.39 is 0 Å². The molecule has 0 aliphatic carbocycles. The summed E-state index contributed by atoms with van der Waals surface area (Å²) in [6.07, 6.45) is 0. The number of nitrogens with one attached hydrogen (secondary N) is 1. The lowest BCUT2D eigenvalue weighted by Crippen LogP contribution is -2.51. The standard InChI is InChI=1S/C9H13N3OS/c1-7-4-12(3-2-10-7)9(13)8-5-14-6-11-8/h5-7,10H,2-4H2,1H3/t7-/m1/s1. The van der Waals surface area contributed by atoms with Crippen LogP contribution in [0.4, 0.5) is 0 Å². The van der Waals surface area contributed by atoms with E-state index in [-0.39, 0.29) is 5.91 Å². The van der Waals surface area contributed by atoms with Crippen LogP contribution >= 0.6 is 11.3 Å². The predicted octanol–water partition coefficient (Wildman–Crippen LogP) is 0.577. The van der Waals surface area contributed by atoms with Gasteiger partial charge < -0.3 is 10.2 Å². The average molecular weight is 211 g/mol. The first kappa shape index (κ1) is 9.61. The van der Waals surface area contributed by atoms with Gasteiger partial charge in [-0.15, -0.1) is 11.3 Å². The number of carbonyl (C=O) groups excluding carboxylic acids is 1. The van der Waals surface area contributed by atoms with Gasteiger partial charge in [0.25, 0.3) is 5.91 Å². The molecule has 0 unspecified atom stereocenters. The van der Waals surface area contributed by atoms with E-state index in [2.05, 4.69) is 17.2 Å². The molecule has 0 saturated carbocycles. The lowest BCUT2D eigenvalue weighted by Gasteiger charge is -2.31. The minimum absolute atomic E-state index is 0.0552. The van der Waals surface area contributed by atoms with Crippen LogP contribution in [0, 0.1) is 0 Å². The van der Waals surface area contributed by atoms with Gasteiger partial charge in [-0.1, -0.05) is 0 Å². The SMILES string of the molecule is C[C@@H]1CN(C(=O)c2cscn2)CCN1. The summed E-state index contributed by atoms with van der Waals surface area (Å²) in [7, 11) is 0. The van der Waals surface area contributed by atoms with Crippen LogP contribution in [0.3, 0.4) is 0 Å². The minimum Gasteiger partial charge on any atom is -0.334 e. The molecule has 0 radical (unpaired) electrons. The van der Waals surface area contributed by atoms with Crippen LogP contribution in [0.25, 0.3) is 0 Å². The Morgan fingerprint density at radius 1 is 1.79 bits per heavy atom. The van der Waals surface area contributed by atoms with E-state index in [9.17, 15) is 4.79 Å². The molecule has 1 fully saturated rings. The summed E-state index contributed by atoms with van der Waals surface area (Å²) >= 11 is 1.46. The van der Waals surface area contributed by atoms with Crippen LogP contribution in [0.15, 0.2) is 10.9 Å². The first-order chi connectivity index (χ1) is 6.77. The van der Waals surface area contributed by atoms with Gasteiger partial charge in [0.2, 0.25) is 0 Å². The zero-order chi connectivity index (χ0) is 9.97. The smallest absolute Gasteiger partial charge is 0.273 e. The van der Waals surface area contributed by atoms with Crippen LogP contribution in [0.1, 0.15) is 17.4 Å². The molecule has 2 heterocycles. The highest BCUT2D eigenvalue weighted by molar-refractivity contribution is 7.07. The Bertz CT molecular complexity index is 312. The van der Waals surface area contributed by atoms with Gasteiger partial charge in [0.1, 0.15) is 5.69 Å². The summed E-state index contributed by atoms with van der Waals surface area (Å²) in [5.74, 6) is 0.0552. The quantitative estimate of drug-likeness (QED) is 0.739. The van der Waals surface area contributed by atoms with E-state index in [1.165, 1.54) is 11.3 Å². The monoisotopic (exact) mass is 211 g/mol. The van der Waals surface area contributed by atoms with Crippen LogP contribution in [-0.2, 0) is 0 Å². The fraction of sp³-hybridized carbons (Fsp3) is 0.556. The molecule has 1 N–H and O–H groups in total. The Morgan fingerprint density at radius 2 is 2.64 bits per heavy atom. The summed E-state index contributed by atoms with van der Waals surface area (Å²) < 4.78 is 0. The van der Waals surface area contributed by atoms with Crippen LogP contribution in [0.2, 0.25) is 0 Å². The second-order valence-electron chi connectivity index (χ2n) is 3.48. The zero-order valence-corrected chi connectivity index (χ0v) is 8.88. The molecule has 0 aromatic carbocycles. The van der Waals surface area contributed by atoms with E-state index in [0.717, 1.165) is 19.6 Å². The van der Waals surface area contributed by atoms with Crippen LogP contribution in [-0.4, -0.2) is 41.5 Å². The Hall–Kier alpha value is -0.940. The zero-order valence-electron chi connectivity index (χ0n) is 8.06. The Morgan fingerprint density at radius 3 is 3.29 bits per heavy atom. The van der Waals surface area contributed by atoms with Gasteiger partial charge >= 0.3 is 0 Å². The molecule has 76 valence electrons. The molecule has 5 heteroatoms. The van der Waals surface area contributed by atoms with Crippen molar-refractivity contribution in [3.05, 3.63) is 16.6 Å². The van der Waals surface area contributed by atoms with Gasteiger partial charge in [0, 0.05) is 31.1 Å². The topological polar surface area (TPSA) is 45.2 Å². The van der Waals surface area contributed by atoms with E-state index in [1.807, 2.05) is 4.90 Å². The van der Waals surface area contributed by atoms with Gasteiger partial charge in [0.15, 0.2) is 0 Å². The molecule has 1 amide bonds. The van der Waals surface area contributed by atoms with Gasteiger partial charge in [-0.3, -0.25) is 4.79 Å². The largest absolute Gasteiger partial charge is 0.334 e. The Labute approximate surface area is 86.9 Å². The summed E-state index contributed by atoms with van der Waals surface area (Å²) in [6.45, 7) is 4.51. The van der Waals surface area contributed by atoms with E-state index in [1.54, 1.807) is 10.9 Å².